The Labute approximate surface area is 214 Å². The molecule has 0 aromatic heterocycles. The van der Waals surface area contributed by atoms with Crippen LogP contribution in [0.4, 0.5) is 5.69 Å². The summed E-state index contributed by atoms with van der Waals surface area (Å²) in [5, 5.41) is 3.11. The van der Waals surface area contributed by atoms with Gasteiger partial charge in [0.05, 0.1) is 19.1 Å². The number of nitrogens with zero attached hydrogens (tertiary/aromatic N) is 2. The van der Waals surface area contributed by atoms with Crippen LogP contribution in [0.1, 0.15) is 44.6 Å². The Bertz CT molecular complexity index is 1120. The average Bonchev–Trinajstić information content (AvgIpc) is 3.37. The number of sulfonamides is 1. The van der Waals surface area contributed by atoms with Gasteiger partial charge in [0.15, 0.2) is 0 Å². The van der Waals surface area contributed by atoms with Gasteiger partial charge in [-0.15, -0.1) is 0 Å². The molecule has 0 unspecified atom stereocenters. The van der Waals surface area contributed by atoms with E-state index in [9.17, 15) is 18.0 Å². The molecular weight excluding hydrogens is 478 g/mol. The quantitative estimate of drug-likeness (QED) is 0.468. The van der Waals surface area contributed by atoms with Gasteiger partial charge < -0.3 is 15.0 Å². The predicted octanol–water partition coefficient (Wildman–Crippen LogP) is 3.37. The third-order valence-electron chi connectivity index (χ3n) is 6.59. The van der Waals surface area contributed by atoms with E-state index in [0.29, 0.717) is 30.8 Å². The molecular formula is C27H37N3O5S. The van der Waals surface area contributed by atoms with Gasteiger partial charge in [-0.1, -0.05) is 56.2 Å². The molecule has 9 heteroatoms. The van der Waals surface area contributed by atoms with Gasteiger partial charge in [0.25, 0.3) is 0 Å². The van der Waals surface area contributed by atoms with Crippen LogP contribution in [0, 0.1) is 0 Å². The fourth-order valence-electron chi connectivity index (χ4n) is 4.64. The van der Waals surface area contributed by atoms with Crippen molar-refractivity contribution in [3.05, 3.63) is 60.2 Å². The monoisotopic (exact) mass is 515 g/mol. The Kier molecular flexibility index (Phi) is 9.75. The molecule has 2 aromatic carbocycles. The van der Waals surface area contributed by atoms with Crippen molar-refractivity contribution >= 4 is 27.5 Å². The van der Waals surface area contributed by atoms with E-state index in [4.69, 9.17) is 4.74 Å². The zero-order valence-electron chi connectivity index (χ0n) is 21.4. The van der Waals surface area contributed by atoms with Crippen molar-refractivity contribution in [2.24, 2.45) is 0 Å². The first-order chi connectivity index (χ1) is 17.2. The highest BCUT2D eigenvalue weighted by Crippen LogP contribution is 2.24. The third-order valence-corrected chi connectivity index (χ3v) is 7.73. The maximum atomic E-state index is 13.7. The van der Waals surface area contributed by atoms with Crippen LogP contribution in [0.15, 0.2) is 54.6 Å². The fourth-order valence-corrected chi connectivity index (χ4v) is 5.48. The molecule has 0 radical (unpaired) electrons. The number of carbonyl (C=O) groups excluding carboxylic acids is 2. The van der Waals surface area contributed by atoms with E-state index in [2.05, 4.69) is 5.32 Å². The van der Waals surface area contributed by atoms with Crippen molar-refractivity contribution in [1.29, 1.82) is 0 Å². The molecule has 0 saturated heterocycles. The van der Waals surface area contributed by atoms with E-state index in [0.717, 1.165) is 41.8 Å². The van der Waals surface area contributed by atoms with Gasteiger partial charge in [0.2, 0.25) is 21.8 Å². The Morgan fingerprint density at radius 3 is 2.39 bits per heavy atom. The zero-order valence-corrected chi connectivity index (χ0v) is 22.2. The largest absolute Gasteiger partial charge is 0.497 e. The maximum absolute atomic E-state index is 13.7. The number of ether oxygens (including phenoxy) is 1. The van der Waals surface area contributed by atoms with Crippen molar-refractivity contribution in [2.45, 2.75) is 57.5 Å². The lowest BCUT2D eigenvalue weighted by atomic mass is 10.1. The molecule has 0 spiro atoms. The number of hydrogen-bond donors (Lipinski definition) is 1. The highest BCUT2D eigenvalue weighted by atomic mass is 32.2. The van der Waals surface area contributed by atoms with E-state index in [1.165, 1.54) is 12.0 Å². The number of benzene rings is 2. The molecule has 2 aromatic rings. The number of methoxy groups -OCH3 is 1. The van der Waals surface area contributed by atoms with Crippen LogP contribution in [0.2, 0.25) is 0 Å². The minimum absolute atomic E-state index is 0.127. The van der Waals surface area contributed by atoms with Gasteiger partial charge in [0, 0.05) is 18.7 Å². The Morgan fingerprint density at radius 2 is 1.78 bits per heavy atom. The second kappa shape index (κ2) is 12.8. The van der Waals surface area contributed by atoms with Crippen molar-refractivity contribution in [1.82, 2.24) is 10.2 Å². The van der Waals surface area contributed by atoms with Crippen LogP contribution in [0.3, 0.4) is 0 Å². The number of anilines is 1. The molecule has 36 heavy (non-hydrogen) atoms. The summed E-state index contributed by atoms with van der Waals surface area (Å²) in [6, 6.07) is 15.8. The maximum Gasteiger partial charge on any atom is 0.244 e. The van der Waals surface area contributed by atoms with Crippen molar-refractivity contribution < 1.29 is 22.7 Å². The van der Waals surface area contributed by atoms with Gasteiger partial charge in [-0.2, -0.15) is 0 Å². The van der Waals surface area contributed by atoms with Crippen LogP contribution < -0.4 is 14.4 Å². The third kappa shape index (κ3) is 7.46. The SMILES string of the molecule is CC[C@@H](C(=O)NC1CCCC1)N(CCc1ccccc1)C(=O)CN(c1cccc(OC)c1)S(C)(=O)=O. The smallest absolute Gasteiger partial charge is 0.244 e. The number of carbonyl (C=O) groups is 2. The molecule has 8 nitrogen and oxygen atoms in total. The van der Waals surface area contributed by atoms with Crippen LogP contribution >= 0.6 is 0 Å². The van der Waals surface area contributed by atoms with Crippen LogP contribution in [0.25, 0.3) is 0 Å². The van der Waals surface area contributed by atoms with Crippen LogP contribution in [-0.2, 0) is 26.0 Å². The Hall–Kier alpha value is -3.07. The summed E-state index contributed by atoms with van der Waals surface area (Å²) < 4.78 is 31.7. The molecule has 2 amide bonds. The van der Waals surface area contributed by atoms with E-state index in [1.807, 2.05) is 37.3 Å². The predicted molar refractivity (Wildman–Crippen MR) is 142 cm³/mol. The van der Waals surface area contributed by atoms with Gasteiger partial charge >= 0.3 is 0 Å². The summed E-state index contributed by atoms with van der Waals surface area (Å²) in [5.74, 6) is -0.123. The number of rotatable bonds is 12. The molecule has 1 aliphatic carbocycles. The molecule has 1 atom stereocenters. The molecule has 1 N–H and O–H groups in total. The molecule has 3 rings (SSSR count). The summed E-state index contributed by atoms with van der Waals surface area (Å²) >= 11 is 0. The normalized spacial score (nSPS) is 14.8. The van der Waals surface area contributed by atoms with Gasteiger partial charge in [-0.05, 0) is 43.4 Å². The molecule has 196 valence electrons. The second-order valence-electron chi connectivity index (χ2n) is 9.21. The lowest BCUT2D eigenvalue weighted by Gasteiger charge is -2.33. The van der Waals surface area contributed by atoms with Crippen molar-refractivity contribution in [3.63, 3.8) is 0 Å². The highest BCUT2D eigenvalue weighted by molar-refractivity contribution is 7.92. The summed E-state index contributed by atoms with van der Waals surface area (Å²) in [6.45, 7) is 1.77. The first-order valence-corrected chi connectivity index (χ1v) is 14.3. The zero-order chi connectivity index (χ0) is 26.1. The van der Waals surface area contributed by atoms with Crippen LogP contribution in [-0.4, -0.2) is 63.7 Å². The lowest BCUT2D eigenvalue weighted by molar-refractivity contribution is -0.139. The van der Waals surface area contributed by atoms with Crippen LogP contribution in [0.5, 0.6) is 5.75 Å². The molecule has 1 aliphatic rings. The molecule has 0 aliphatic heterocycles. The molecule has 1 fully saturated rings. The van der Waals surface area contributed by atoms with E-state index < -0.39 is 28.5 Å². The first kappa shape index (κ1) is 27.5. The molecule has 1 saturated carbocycles. The lowest BCUT2D eigenvalue weighted by Crippen LogP contribution is -2.54. The standard InChI is InChI=1S/C27H37N3O5S/c1-4-25(27(32)28-22-13-8-9-14-22)29(18-17-21-11-6-5-7-12-21)26(31)20-30(36(3,33)34)23-15-10-16-24(19-23)35-2/h5-7,10-12,15-16,19,22,25H,4,8-9,13-14,17-18,20H2,1-3H3,(H,28,32)/t25-/m0/s1. The van der Waals surface area contributed by atoms with E-state index in [-0.39, 0.29) is 11.9 Å². The summed E-state index contributed by atoms with van der Waals surface area (Å²) in [5.41, 5.74) is 1.37. The van der Waals surface area contributed by atoms with Gasteiger partial charge in [0.1, 0.15) is 18.3 Å². The second-order valence-corrected chi connectivity index (χ2v) is 11.1. The van der Waals surface area contributed by atoms with Crippen molar-refractivity contribution in [2.75, 3.05) is 30.8 Å². The van der Waals surface area contributed by atoms with E-state index in [1.54, 1.807) is 24.3 Å². The number of nitrogens with one attached hydrogen (secondary N) is 1. The van der Waals surface area contributed by atoms with Gasteiger partial charge in [-0.3, -0.25) is 13.9 Å². The summed E-state index contributed by atoms with van der Waals surface area (Å²) in [7, 11) is -2.29. The highest BCUT2D eigenvalue weighted by Gasteiger charge is 2.32. The fraction of sp³-hybridized carbons (Fsp3) is 0.481. The minimum Gasteiger partial charge on any atom is -0.497 e. The number of amides is 2. The summed E-state index contributed by atoms with van der Waals surface area (Å²) in [6.07, 6.45) is 6.10. The minimum atomic E-state index is -3.78. The van der Waals surface area contributed by atoms with E-state index >= 15 is 0 Å². The summed E-state index contributed by atoms with van der Waals surface area (Å²) in [4.78, 5) is 28.5. The number of hydrogen-bond acceptors (Lipinski definition) is 5. The average molecular weight is 516 g/mol. The topological polar surface area (TPSA) is 96.0 Å². The van der Waals surface area contributed by atoms with Crippen molar-refractivity contribution in [3.8, 4) is 5.75 Å². The van der Waals surface area contributed by atoms with Gasteiger partial charge in [-0.25, -0.2) is 8.42 Å². The molecule has 0 bridgehead atoms. The Morgan fingerprint density at radius 1 is 1.08 bits per heavy atom. The first-order valence-electron chi connectivity index (χ1n) is 12.5. The molecule has 0 heterocycles. The Balaban J connectivity index is 1.87.